The van der Waals surface area contributed by atoms with Gasteiger partial charge in [-0.2, -0.15) is 5.10 Å². The molecule has 0 saturated carbocycles. The van der Waals surface area contributed by atoms with Gasteiger partial charge in [-0.1, -0.05) is 32.4 Å². The fourth-order valence-electron chi connectivity index (χ4n) is 2.52. The maximum Gasteiger partial charge on any atom is 0.242 e. The molecule has 2 N–H and O–H groups in total. The van der Waals surface area contributed by atoms with Crippen molar-refractivity contribution in [2.75, 3.05) is 0 Å². The average molecular weight is 312 g/mol. The molecule has 2 heterocycles. The summed E-state index contributed by atoms with van der Waals surface area (Å²) in [6, 6.07) is 7.69. The van der Waals surface area contributed by atoms with Crippen molar-refractivity contribution in [3.8, 4) is 0 Å². The second kappa shape index (κ2) is 6.60. The minimum atomic E-state index is -0.163. The molecule has 2 unspecified atom stereocenters. The van der Waals surface area contributed by atoms with Crippen LogP contribution in [0.1, 0.15) is 32.1 Å². The van der Waals surface area contributed by atoms with E-state index < -0.39 is 0 Å². The molecule has 0 fully saturated rings. The molecule has 0 bridgehead atoms. The Morgan fingerprint density at radius 3 is 2.91 bits per heavy atom. The third kappa shape index (κ3) is 3.39. The van der Waals surface area contributed by atoms with Gasteiger partial charge < -0.3 is 10.3 Å². The number of hydrogen-bond acceptors (Lipinski definition) is 4. The highest BCUT2D eigenvalue weighted by molar-refractivity contribution is 5.77. The van der Waals surface area contributed by atoms with E-state index in [2.05, 4.69) is 39.2 Å². The first-order valence-electron chi connectivity index (χ1n) is 7.73. The van der Waals surface area contributed by atoms with Crippen LogP contribution in [-0.4, -0.2) is 30.6 Å². The van der Waals surface area contributed by atoms with Crippen LogP contribution in [0.15, 0.2) is 36.9 Å². The van der Waals surface area contributed by atoms with Crippen molar-refractivity contribution in [2.24, 2.45) is 5.92 Å². The fourth-order valence-corrected chi connectivity index (χ4v) is 2.52. The minimum absolute atomic E-state index is 0.110. The van der Waals surface area contributed by atoms with Gasteiger partial charge in [-0.05, 0) is 18.1 Å². The van der Waals surface area contributed by atoms with E-state index in [1.165, 1.54) is 17.3 Å². The van der Waals surface area contributed by atoms with Gasteiger partial charge in [-0.3, -0.25) is 4.79 Å². The van der Waals surface area contributed by atoms with Crippen LogP contribution in [0.4, 0.5) is 0 Å². The summed E-state index contributed by atoms with van der Waals surface area (Å²) in [6.45, 7) is 4.35. The van der Waals surface area contributed by atoms with Crippen molar-refractivity contribution in [3.05, 3.63) is 42.7 Å². The predicted molar refractivity (Wildman–Crippen MR) is 86.5 cm³/mol. The van der Waals surface area contributed by atoms with Crippen LogP contribution in [0.2, 0.25) is 0 Å². The molecule has 0 saturated heterocycles. The van der Waals surface area contributed by atoms with Crippen molar-refractivity contribution in [2.45, 2.75) is 32.9 Å². The Morgan fingerprint density at radius 2 is 2.22 bits per heavy atom. The van der Waals surface area contributed by atoms with Crippen LogP contribution in [0, 0.1) is 5.92 Å². The summed E-state index contributed by atoms with van der Waals surface area (Å²) in [4.78, 5) is 24.1. The Kier molecular flexibility index (Phi) is 4.36. The number of para-hydroxylation sites is 2. The van der Waals surface area contributed by atoms with E-state index in [1.54, 1.807) is 0 Å². The van der Waals surface area contributed by atoms with E-state index in [0.29, 0.717) is 0 Å². The number of hydrogen-bond donors (Lipinski definition) is 2. The summed E-state index contributed by atoms with van der Waals surface area (Å²) < 4.78 is 1.50. The molecule has 0 aliphatic carbocycles. The van der Waals surface area contributed by atoms with Crippen LogP contribution in [-0.2, 0) is 11.3 Å². The van der Waals surface area contributed by atoms with Gasteiger partial charge in [0.1, 0.15) is 25.0 Å². The van der Waals surface area contributed by atoms with E-state index in [9.17, 15) is 4.79 Å². The van der Waals surface area contributed by atoms with Crippen LogP contribution in [0.5, 0.6) is 0 Å². The SMILES string of the molecule is CCC(C)C(NC(=O)Cn1cncn1)c1nc2ccccc2[nH]1. The maximum absolute atomic E-state index is 12.3. The first-order valence-corrected chi connectivity index (χ1v) is 7.73. The zero-order valence-corrected chi connectivity index (χ0v) is 13.2. The molecule has 7 nitrogen and oxygen atoms in total. The molecular formula is C16H20N6O. The number of nitrogens with one attached hydrogen (secondary N) is 2. The zero-order valence-electron chi connectivity index (χ0n) is 13.2. The fraction of sp³-hybridized carbons (Fsp3) is 0.375. The largest absolute Gasteiger partial charge is 0.344 e. The lowest BCUT2D eigenvalue weighted by atomic mass is 9.98. The number of rotatable bonds is 6. The summed E-state index contributed by atoms with van der Waals surface area (Å²) in [7, 11) is 0. The lowest BCUT2D eigenvalue weighted by Crippen LogP contribution is -2.35. The third-order valence-corrected chi connectivity index (χ3v) is 4.00. The molecule has 23 heavy (non-hydrogen) atoms. The van der Waals surface area contributed by atoms with Gasteiger partial charge in [-0.25, -0.2) is 14.6 Å². The van der Waals surface area contributed by atoms with Gasteiger partial charge in [0.25, 0.3) is 0 Å². The lowest BCUT2D eigenvalue weighted by Gasteiger charge is -2.22. The zero-order chi connectivity index (χ0) is 16.2. The van der Waals surface area contributed by atoms with Crippen LogP contribution < -0.4 is 5.32 Å². The molecule has 0 spiro atoms. The molecule has 0 aliphatic rings. The number of carbonyl (C=O) groups excluding carboxylic acids is 1. The molecule has 1 aromatic carbocycles. The number of fused-ring (bicyclic) bond motifs is 1. The van der Waals surface area contributed by atoms with Gasteiger partial charge >= 0.3 is 0 Å². The van der Waals surface area contributed by atoms with Gasteiger partial charge in [0, 0.05) is 0 Å². The smallest absolute Gasteiger partial charge is 0.242 e. The quantitative estimate of drug-likeness (QED) is 0.729. The lowest BCUT2D eigenvalue weighted by molar-refractivity contribution is -0.123. The molecular weight excluding hydrogens is 292 g/mol. The van der Waals surface area contributed by atoms with E-state index in [1.807, 2.05) is 24.3 Å². The molecule has 7 heteroatoms. The summed E-state index contributed by atoms with van der Waals surface area (Å²) in [6.07, 6.45) is 3.88. The summed E-state index contributed by atoms with van der Waals surface area (Å²) in [5.74, 6) is 0.934. The van der Waals surface area contributed by atoms with Gasteiger partial charge in [0.2, 0.25) is 5.91 Å². The van der Waals surface area contributed by atoms with Crippen molar-refractivity contribution >= 4 is 16.9 Å². The monoisotopic (exact) mass is 312 g/mol. The maximum atomic E-state index is 12.3. The van der Waals surface area contributed by atoms with Gasteiger partial charge in [0.05, 0.1) is 17.1 Å². The van der Waals surface area contributed by atoms with Crippen molar-refractivity contribution in [1.82, 2.24) is 30.0 Å². The molecule has 120 valence electrons. The number of benzene rings is 1. The predicted octanol–water partition coefficient (Wildman–Crippen LogP) is 2.06. The molecule has 3 rings (SSSR count). The second-order valence-corrected chi connectivity index (χ2v) is 5.66. The van der Waals surface area contributed by atoms with E-state index in [0.717, 1.165) is 23.3 Å². The van der Waals surface area contributed by atoms with E-state index in [4.69, 9.17) is 0 Å². The van der Waals surface area contributed by atoms with E-state index in [-0.39, 0.29) is 24.4 Å². The molecule has 2 atom stereocenters. The Morgan fingerprint density at radius 1 is 1.39 bits per heavy atom. The molecule has 1 amide bonds. The minimum Gasteiger partial charge on any atom is -0.344 e. The molecule has 0 aliphatic heterocycles. The topological polar surface area (TPSA) is 88.5 Å². The number of H-pyrrole nitrogens is 1. The Hall–Kier alpha value is -2.70. The number of aromatic amines is 1. The van der Waals surface area contributed by atoms with Crippen molar-refractivity contribution < 1.29 is 4.79 Å². The summed E-state index contributed by atoms with van der Waals surface area (Å²) >= 11 is 0. The van der Waals surface area contributed by atoms with E-state index >= 15 is 0 Å². The number of nitrogens with zero attached hydrogens (tertiary/aromatic N) is 4. The second-order valence-electron chi connectivity index (χ2n) is 5.66. The highest BCUT2D eigenvalue weighted by Gasteiger charge is 2.23. The normalized spacial score (nSPS) is 13.8. The van der Waals surface area contributed by atoms with Gasteiger partial charge in [-0.15, -0.1) is 0 Å². The highest BCUT2D eigenvalue weighted by Crippen LogP contribution is 2.24. The number of carbonyl (C=O) groups is 1. The van der Waals surface area contributed by atoms with Gasteiger partial charge in [0.15, 0.2) is 0 Å². The Bertz CT molecular complexity index is 746. The molecule has 0 radical (unpaired) electrons. The molecule has 3 aromatic rings. The van der Waals surface area contributed by atoms with Crippen LogP contribution in [0.3, 0.4) is 0 Å². The average Bonchev–Trinajstić information content (AvgIpc) is 3.20. The molecule has 2 aromatic heterocycles. The number of amides is 1. The number of imidazole rings is 1. The highest BCUT2D eigenvalue weighted by atomic mass is 16.2. The first kappa shape index (κ1) is 15.2. The standard InChI is InChI=1S/C16H20N6O/c1-3-11(2)15(21-14(23)8-22-10-17-9-18-22)16-19-12-6-4-5-7-13(12)20-16/h4-7,9-11,15H,3,8H2,1-2H3,(H,19,20)(H,21,23). The van der Waals surface area contributed by atoms with Crippen molar-refractivity contribution in [3.63, 3.8) is 0 Å². The van der Waals surface area contributed by atoms with Crippen molar-refractivity contribution in [1.29, 1.82) is 0 Å². The first-order chi connectivity index (χ1) is 11.2. The van der Waals surface area contributed by atoms with Crippen LogP contribution in [0.25, 0.3) is 11.0 Å². The number of aromatic nitrogens is 5. The summed E-state index contributed by atoms with van der Waals surface area (Å²) in [5, 5.41) is 7.02. The Labute approximate surface area is 134 Å². The third-order valence-electron chi connectivity index (χ3n) is 4.00. The Balaban J connectivity index is 1.81. The summed E-state index contributed by atoms with van der Waals surface area (Å²) in [5.41, 5.74) is 1.88. The van der Waals surface area contributed by atoms with Crippen LogP contribution >= 0.6 is 0 Å².